The highest BCUT2D eigenvalue weighted by Gasteiger charge is 2.31. The van der Waals surface area contributed by atoms with Crippen LogP contribution in [0.2, 0.25) is 0 Å². The van der Waals surface area contributed by atoms with Crippen molar-refractivity contribution in [3.8, 4) is 6.07 Å². The summed E-state index contributed by atoms with van der Waals surface area (Å²) in [5, 5.41) is 9.20. The van der Waals surface area contributed by atoms with E-state index in [1.165, 1.54) is 22.0 Å². The van der Waals surface area contributed by atoms with Crippen LogP contribution in [0.1, 0.15) is 41.3 Å². The zero-order valence-electron chi connectivity index (χ0n) is 16.5. The maximum atomic E-state index is 12.9. The van der Waals surface area contributed by atoms with Gasteiger partial charge in [0.2, 0.25) is 10.0 Å². The second-order valence-electron chi connectivity index (χ2n) is 7.10. The lowest BCUT2D eigenvalue weighted by Gasteiger charge is -2.34. The van der Waals surface area contributed by atoms with E-state index in [-0.39, 0.29) is 29.5 Å². The Bertz CT molecular complexity index is 1000. The van der Waals surface area contributed by atoms with Gasteiger partial charge in [-0.1, -0.05) is 37.6 Å². The number of benzene rings is 2. The largest absolute Gasteiger partial charge is 0.336 e. The first-order valence-electron chi connectivity index (χ1n) is 9.85. The quantitative estimate of drug-likeness (QED) is 0.732. The van der Waals surface area contributed by atoms with Gasteiger partial charge in [-0.25, -0.2) is 8.42 Å². The minimum atomic E-state index is -3.76. The zero-order valence-corrected chi connectivity index (χ0v) is 17.4. The summed E-state index contributed by atoms with van der Waals surface area (Å²) < 4.78 is 27.2. The summed E-state index contributed by atoms with van der Waals surface area (Å²) in [6.07, 6.45) is 3.26. The molecule has 1 aliphatic rings. The highest BCUT2D eigenvalue weighted by molar-refractivity contribution is 7.89. The van der Waals surface area contributed by atoms with Gasteiger partial charge in [-0.05, 0) is 42.7 Å². The van der Waals surface area contributed by atoms with E-state index >= 15 is 0 Å². The fourth-order valence-corrected chi connectivity index (χ4v) is 5.00. The van der Waals surface area contributed by atoms with E-state index in [1.807, 2.05) is 30.3 Å². The van der Waals surface area contributed by atoms with Crippen molar-refractivity contribution in [3.63, 3.8) is 0 Å². The van der Waals surface area contributed by atoms with Gasteiger partial charge in [-0.15, -0.1) is 0 Å². The minimum Gasteiger partial charge on any atom is -0.336 e. The standard InChI is InChI=1S/C22H25N3O3S/c1-2-3-6-18-9-11-19(12-10-18)22(26)24-13-15-25(16-14-24)29(27,28)21-8-5-4-7-20(21)17-23/h4-5,7-12H,2-3,6,13-16H2,1H3. The van der Waals surface area contributed by atoms with Crippen molar-refractivity contribution >= 4 is 15.9 Å². The van der Waals surface area contributed by atoms with Crippen LogP contribution in [0.5, 0.6) is 0 Å². The number of nitrogens with zero attached hydrogens (tertiary/aromatic N) is 3. The van der Waals surface area contributed by atoms with Crippen LogP contribution < -0.4 is 0 Å². The number of aryl methyl sites for hydroxylation is 1. The molecule has 0 aromatic heterocycles. The van der Waals surface area contributed by atoms with Crippen molar-refractivity contribution < 1.29 is 13.2 Å². The van der Waals surface area contributed by atoms with Gasteiger partial charge in [-0.3, -0.25) is 4.79 Å². The molecule has 29 heavy (non-hydrogen) atoms. The molecule has 1 saturated heterocycles. The average Bonchev–Trinajstić information content (AvgIpc) is 2.77. The minimum absolute atomic E-state index is 0.0185. The fraction of sp³-hybridized carbons (Fsp3) is 0.364. The molecule has 0 bridgehead atoms. The number of nitriles is 1. The maximum Gasteiger partial charge on any atom is 0.253 e. The van der Waals surface area contributed by atoms with Crippen LogP contribution in [-0.4, -0.2) is 49.7 Å². The van der Waals surface area contributed by atoms with E-state index < -0.39 is 10.0 Å². The van der Waals surface area contributed by atoms with Gasteiger partial charge < -0.3 is 4.90 Å². The first-order valence-corrected chi connectivity index (χ1v) is 11.3. The van der Waals surface area contributed by atoms with Gasteiger partial charge in [0.15, 0.2) is 0 Å². The highest BCUT2D eigenvalue weighted by atomic mass is 32.2. The molecule has 1 fully saturated rings. The van der Waals surface area contributed by atoms with Crippen molar-refractivity contribution in [1.29, 1.82) is 5.26 Å². The molecule has 0 atom stereocenters. The number of amides is 1. The fourth-order valence-electron chi connectivity index (χ4n) is 3.43. The summed E-state index contributed by atoms with van der Waals surface area (Å²) in [6, 6.07) is 15.8. The number of unbranched alkanes of at least 4 members (excludes halogenated alkanes) is 1. The summed E-state index contributed by atoms with van der Waals surface area (Å²) in [5.74, 6) is -0.0819. The molecule has 3 rings (SSSR count). The maximum absolute atomic E-state index is 12.9. The number of hydrogen-bond acceptors (Lipinski definition) is 4. The Morgan fingerprint density at radius 2 is 1.69 bits per heavy atom. The lowest BCUT2D eigenvalue weighted by Crippen LogP contribution is -2.50. The van der Waals surface area contributed by atoms with Gasteiger partial charge in [0.05, 0.1) is 10.5 Å². The van der Waals surface area contributed by atoms with Crippen LogP contribution in [0.25, 0.3) is 0 Å². The van der Waals surface area contributed by atoms with E-state index in [0.29, 0.717) is 18.7 Å². The zero-order chi connectivity index (χ0) is 20.9. The van der Waals surface area contributed by atoms with Crippen LogP contribution in [-0.2, 0) is 16.4 Å². The highest BCUT2D eigenvalue weighted by Crippen LogP contribution is 2.21. The monoisotopic (exact) mass is 411 g/mol. The van der Waals surface area contributed by atoms with Crippen LogP contribution in [0.3, 0.4) is 0 Å². The molecule has 0 aliphatic carbocycles. The molecule has 0 N–H and O–H groups in total. The molecular weight excluding hydrogens is 386 g/mol. The summed E-state index contributed by atoms with van der Waals surface area (Å²) in [6.45, 7) is 3.22. The molecule has 2 aromatic rings. The van der Waals surface area contributed by atoms with Crippen molar-refractivity contribution in [3.05, 3.63) is 65.2 Å². The Labute approximate surface area is 172 Å². The topological polar surface area (TPSA) is 81.5 Å². The predicted octanol–water partition coefficient (Wildman–Crippen LogP) is 3.05. The number of carbonyl (C=O) groups excluding carboxylic acids is 1. The van der Waals surface area contributed by atoms with Crippen molar-refractivity contribution in [1.82, 2.24) is 9.21 Å². The predicted molar refractivity (Wildman–Crippen MR) is 111 cm³/mol. The molecule has 0 unspecified atom stereocenters. The van der Waals surface area contributed by atoms with Gasteiger partial charge in [0.1, 0.15) is 6.07 Å². The van der Waals surface area contributed by atoms with Crippen LogP contribution in [0, 0.1) is 11.3 Å². The molecule has 0 spiro atoms. The van der Waals surface area contributed by atoms with E-state index in [1.54, 1.807) is 17.0 Å². The summed E-state index contributed by atoms with van der Waals surface area (Å²) >= 11 is 0. The first-order chi connectivity index (χ1) is 14.0. The molecule has 0 radical (unpaired) electrons. The number of piperazine rings is 1. The second kappa shape index (κ2) is 9.21. The molecule has 7 heteroatoms. The lowest BCUT2D eigenvalue weighted by atomic mass is 10.1. The van der Waals surface area contributed by atoms with Crippen LogP contribution in [0.15, 0.2) is 53.4 Å². The van der Waals surface area contributed by atoms with Gasteiger partial charge in [0.25, 0.3) is 5.91 Å². The van der Waals surface area contributed by atoms with Crippen LogP contribution in [0.4, 0.5) is 0 Å². The van der Waals surface area contributed by atoms with Crippen LogP contribution >= 0.6 is 0 Å². The van der Waals surface area contributed by atoms with Gasteiger partial charge >= 0.3 is 0 Å². The smallest absolute Gasteiger partial charge is 0.253 e. The number of hydrogen-bond donors (Lipinski definition) is 0. The Kier molecular flexibility index (Phi) is 6.68. The Morgan fingerprint density at radius 3 is 2.31 bits per heavy atom. The number of rotatable bonds is 6. The third-order valence-electron chi connectivity index (χ3n) is 5.17. The summed E-state index contributed by atoms with van der Waals surface area (Å²) in [5.41, 5.74) is 1.97. The number of carbonyl (C=O) groups is 1. The third kappa shape index (κ3) is 4.66. The van der Waals surface area contributed by atoms with E-state index in [2.05, 4.69) is 6.92 Å². The van der Waals surface area contributed by atoms with E-state index in [4.69, 9.17) is 0 Å². The SMILES string of the molecule is CCCCc1ccc(C(=O)N2CCN(S(=O)(=O)c3ccccc3C#N)CC2)cc1. The van der Waals surface area contributed by atoms with Gasteiger partial charge in [0, 0.05) is 31.7 Å². The van der Waals surface area contributed by atoms with E-state index in [9.17, 15) is 18.5 Å². The van der Waals surface area contributed by atoms with E-state index in [0.717, 1.165) is 19.3 Å². The van der Waals surface area contributed by atoms with Gasteiger partial charge in [-0.2, -0.15) is 9.57 Å². The molecule has 1 aliphatic heterocycles. The van der Waals surface area contributed by atoms with Crippen molar-refractivity contribution in [2.45, 2.75) is 31.1 Å². The van der Waals surface area contributed by atoms with Crippen molar-refractivity contribution in [2.24, 2.45) is 0 Å². The third-order valence-corrected chi connectivity index (χ3v) is 7.13. The Hall–Kier alpha value is -2.69. The number of sulfonamides is 1. The normalized spacial score (nSPS) is 15.1. The Morgan fingerprint density at radius 1 is 1.03 bits per heavy atom. The molecule has 6 nitrogen and oxygen atoms in total. The molecule has 1 amide bonds. The second-order valence-corrected chi connectivity index (χ2v) is 9.01. The summed E-state index contributed by atoms with van der Waals surface area (Å²) in [7, 11) is -3.76. The Balaban J connectivity index is 1.65. The average molecular weight is 412 g/mol. The molecule has 1 heterocycles. The lowest BCUT2D eigenvalue weighted by molar-refractivity contribution is 0.0698. The van der Waals surface area contributed by atoms with Crippen molar-refractivity contribution in [2.75, 3.05) is 26.2 Å². The first kappa shape index (κ1) is 21.0. The molecular formula is C22H25N3O3S. The molecule has 152 valence electrons. The summed E-state index contributed by atoms with van der Waals surface area (Å²) in [4.78, 5) is 14.5. The molecule has 2 aromatic carbocycles. The molecule has 0 saturated carbocycles.